The molecule has 0 aromatic carbocycles. The Morgan fingerprint density at radius 1 is 1.46 bits per heavy atom. The molecule has 2 aromatic heterocycles. The molecule has 0 saturated heterocycles. The fourth-order valence-electron chi connectivity index (χ4n) is 2.88. The SMILES string of the molecule is C[C@H]1CCc2c(sc(NC(=O)COC(=O)c3cc[n+]([O-])cc3)c2C#N)C1. The Morgan fingerprint density at radius 2 is 2.19 bits per heavy atom. The van der Waals surface area contributed by atoms with Crippen LogP contribution in [-0.2, 0) is 22.4 Å². The van der Waals surface area contributed by atoms with E-state index in [1.54, 1.807) is 0 Å². The number of anilines is 1. The Hall–Kier alpha value is -2.92. The Labute approximate surface area is 154 Å². The van der Waals surface area contributed by atoms with Crippen LogP contribution in [0.3, 0.4) is 0 Å². The van der Waals surface area contributed by atoms with Crippen molar-refractivity contribution in [3.63, 3.8) is 0 Å². The predicted octanol–water partition coefficient (Wildman–Crippen LogP) is 2.17. The number of rotatable bonds is 4. The predicted molar refractivity (Wildman–Crippen MR) is 94.5 cm³/mol. The Balaban J connectivity index is 1.63. The number of carbonyl (C=O) groups is 2. The molecule has 1 atom stereocenters. The van der Waals surface area contributed by atoms with Crippen LogP contribution in [0.25, 0.3) is 0 Å². The second-order valence-corrected chi connectivity index (χ2v) is 7.34. The van der Waals surface area contributed by atoms with E-state index in [9.17, 15) is 20.1 Å². The number of thiophene rings is 1. The maximum atomic E-state index is 12.1. The van der Waals surface area contributed by atoms with Crippen molar-refractivity contribution in [2.45, 2.75) is 26.2 Å². The van der Waals surface area contributed by atoms with Crippen molar-refractivity contribution in [3.8, 4) is 6.07 Å². The topological polar surface area (TPSA) is 106 Å². The number of fused-ring (bicyclic) bond motifs is 1. The highest BCUT2D eigenvalue weighted by Gasteiger charge is 2.24. The molecule has 0 fully saturated rings. The van der Waals surface area contributed by atoms with E-state index in [0.717, 1.165) is 29.7 Å². The van der Waals surface area contributed by atoms with Gasteiger partial charge in [0.25, 0.3) is 5.91 Å². The molecule has 7 nitrogen and oxygen atoms in total. The monoisotopic (exact) mass is 371 g/mol. The van der Waals surface area contributed by atoms with Gasteiger partial charge < -0.3 is 15.3 Å². The van der Waals surface area contributed by atoms with Gasteiger partial charge >= 0.3 is 5.97 Å². The molecular weight excluding hydrogens is 354 g/mol. The fraction of sp³-hybridized carbons (Fsp3) is 0.333. The number of aromatic nitrogens is 1. The Kier molecular flexibility index (Phi) is 5.19. The maximum Gasteiger partial charge on any atom is 0.339 e. The minimum atomic E-state index is -0.694. The zero-order valence-corrected chi connectivity index (χ0v) is 15.0. The van der Waals surface area contributed by atoms with Gasteiger partial charge in [0.1, 0.15) is 11.1 Å². The van der Waals surface area contributed by atoms with E-state index in [4.69, 9.17) is 4.74 Å². The normalized spacial score (nSPS) is 15.6. The van der Waals surface area contributed by atoms with Crippen molar-refractivity contribution in [2.75, 3.05) is 11.9 Å². The highest BCUT2D eigenvalue weighted by atomic mass is 32.1. The number of carbonyl (C=O) groups excluding carboxylic acids is 2. The third kappa shape index (κ3) is 3.83. The summed E-state index contributed by atoms with van der Waals surface area (Å²) in [6.07, 6.45) is 5.13. The molecule has 1 N–H and O–H groups in total. The molecule has 0 spiro atoms. The highest BCUT2D eigenvalue weighted by Crippen LogP contribution is 2.39. The molecule has 2 heterocycles. The molecule has 0 saturated carbocycles. The summed E-state index contributed by atoms with van der Waals surface area (Å²) in [5, 5.41) is 23.6. The average molecular weight is 371 g/mol. The minimum absolute atomic E-state index is 0.184. The molecule has 1 aliphatic carbocycles. The van der Waals surface area contributed by atoms with E-state index in [2.05, 4.69) is 18.3 Å². The first-order valence-electron chi connectivity index (χ1n) is 8.18. The molecular formula is C18H17N3O4S. The average Bonchev–Trinajstić information content (AvgIpc) is 2.96. The lowest BCUT2D eigenvalue weighted by Crippen LogP contribution is -2.25. The summed E-state index contributed by atoms with van der Waals surface area (Å²) in [4.78, 5) is 25.1. The second kappa shape index (κ2) is 7.54. The molecule has 134 valence electrons. The summed E-state index contributed by atoms with van der Waals surface area (Å²) in [7, 11) is 0. The number of nitrogens with zero attached hydrogens (tertiary/aromatic N) is 2. The van der Waals surface area contributed by atoms with E-state index in [0.29, 0.717) is 21.2 Å². The summed E-state index contributed by atoms with van der Waals surface area (Å²) in [5.41, 5.74) is 1.72. The van der Waals surface area contributed by atoms with Crippen molar-refractivity contribution in [1.82, 2.24) is 0 Å². The van der Waals surface area contributed by atoms with Crippen molar-refractivity contribution >= 4 is 28.2 Å². The van der Waals surface area contributed by atoms with Crippen molar-refractivity contribution in [2.24, 2.45) is 5.92 Å². The van der Waals surface area contributed by atoms with Gasteiger partial charge in [0.05, 0.1) is 11.1 Å². The molecule has 3 rings (SSSR count). The molecule has 0 unspecified atom stereocenters. The van der Waals surface area contributed by atoms with Gasteiger partial charge in [-0.2, -0.15) is 9.99 Å². The van der Waals surface area contributed by atoms with Crippen LogP contribution in [0.2, 0.25) is 0 Å². The fourth-order valence-corrected chi connectivity index (χ4v) is 4.26. The van der Waals surface area contributed by atoms with Gasteiger partial charge in [-0.05, 0) is 30.7 Å². The van der Waals surface area contributed by atoms with E-state index in [1.165, 1.54) is 35.9 Å². The molecule has 2 aromatic rings. The molecule has 0 radical (unpaired) electrons. The third-order valence-corrected chi connectivity index (χ3v) is 5.42. The summed E-state index contributed by atoms with van der Waals surface area (Å²) in [6, 6.07) is 4.81. The third-order valence-electron chi connectivity index (χ3n) is 4.25. The zero-order chi connectivity index (χ0) is 18.7. The minimum Gasteiger partial charge on any atom is -0.619 e. The van der Waals surface area contributed by atoms with Gasteiger partial charge in [0.15, 0.2) is 19.0 Å². The number of hydrogen-bond acceptors (Lipinski definition) is 6. The van der Waals surface area contributed by atoms with Gasteiger partial charge in [0.2, 0.25) is 0 Å². The van der Waals surface area contributed by atoms with Gasteiger partial charge in [0, 0.05) is 17.0 Å². The molecule has 0 bridgehead atoms. The van der Waals surface area contributed by atoms with Crippen LogP contribution in [0.4, 0.5) is 5.00 Å². The first kappa shape index (κ1) is 17.9. The summed E-state index contributed by atoms with van der Waals surface area (Å²) in [6.45, 7) is 1.71. The van der Waals surface area contributed by atoms with Gasteiger partial charge in [-0.3, -0.25) is 4.79 Å². The molecule has 26 heavy (non-hydrogen) atoms. The summed E-state index contributed by atoms with van der Waals surface area (Å²) >= 11 is 1.42. The molecule has 1 amide bonds. The smallest absolute Gasteiger partial charge is 0.339 e. The quantitative estimate of drug-likeness (QED) is 0.504. The number of esters is 1. The van der Waals surface area contributed by atoms with Crippen LogP contribution in [0.1, 0.15) is 39.7 Å². The van der Waals surface area contributed by atoms with Crippen LogP contribution in [0.5, 0.6) is 0 Å². The lowest BCUT2D eigenvalue weighted by atomic mass is 9.89. The largest absolute Gasteiger partial charge is 0.619 e. The molecule has 1 aliphatic rings. The van der Waals surface area contributed by atoms with Crippen LogP contribution >= 0.6 is 11.3 Å². The van der Waals surface area contributed by atoms with Gasteiger partial charge in [-0.1, -0.05) is 6.92 Å². The molecule has 0 aliphatic heterocycles. The van der Waals surface area contributed by atoms with Crippen LogP contribution < -0.4 is 10.0 Å². The van der Waals surface area contributed by atoms with Crippen LogP contribution in [-0.4, -0.2) is 18.5 Å². The zero-order valence-electron chi connectivity index (χ0n) is 14.2. The number of nitrogens with one attached hydrogen (secondary N) is 1. The van der Waals surface area contributed by atoms with E-state index < -0.39 is 18.5 Å². The van der Waals surface area contributed by atoms with E-state index in [1.807, 2.05) is 0 Å². The van der Waals surface area contributed by atoms with Crippen LogP contribution in [0, 0.1) is 22.5 Å². The molecule has 8 heteroatoms. The first-order chi connectivity index (χ1) is 12.5. The lowest BCUT2D eigenvalue weighted by Gasteiger charge is -2.17. The van der Waals surface area contributed by atoms with E-state index in [-0.39, 0.29) is 5.56 Å². The maximum absolute atomic E-state index is 12.1. The Morgan fingerprint density at radius 3 is 2.88 bits per heavy atom. The van der Waals surface area contributed by atoms with Crippen molar-refractivity contribution in [3.05, 3.63) is 51.3 Å². The summed E-state index contributed by atoms with van der Waals surface area (Å²) < 4.78 is 5.50. The number of pyridine rings is 1. The lowest BCUT2D eigenvalue weighted by molar-refractivity contribution is -0.605. The summed E-state index contributed by atoms with van der Waals surface area (Å²) in [5.74, 6) is -0.632. The van der Waals surface area contributed by atoms with Crippen molar-refractivity contribution in [1.29, 1.82) is 5.26 Å². The van der Waals surface area contributed by atoms with E-state index >= 15 is 0 Å². The van der Waals surface area contributed by atoms with Crippen molar-refractivity contribution < 1.29 is 19.1 Å². The number of amides is 1. The standard InChI is InChI=1S/C18H17N3O4S/c1-11-2-3-13-14(9-19)17(26-15(13)8-11)20-16(22)10-25-18(23)12-4-6-21(24)7-5-12/h4-7,11H,2-3,8,10H2,1H3,(H,20,22)/t11-/m0/s1. The number of ether oxygens (including phenoxy) is 1. The Bertz CT molecular complexity index is 883. The van der Waals surface area contributed by atoms with Gasteiger partial charge in [-0.15, -0.1) is 11.3 Å². The first-order valence-corrected chi connectivity index (χ1v) is 9.00. The van der Waals surface area contributed by atoms with Crippen LogP contribution in [0.15, 0.2) is 24.5 Å². The second-order valence-electron chi connectivity index (χ2n) is 6.24. The number of nitriles is 1. The highest BCUT2D eigenvalue weighted by molar-refractivity contribution is 7.16. The van der Waals surface area contributed by atoms with Gasteiger partial charge in [-0.25, -0.2) is 4.79 Å². The number of hydrogen-bond donors (Lipinski definition) is 1.